The normalized spacial score (nSPS) is 16.9. The van der Waals surface area contributed by atoms with Crippen LogP contribution in [-0.4, -0.2) is 39.1 Å². The van der Waals surface area contributed by atoms with Gasteiger partial charge in [0.25, 0.3) is 0 Å². The Kier molecular flexibility index (Phi) is 5.95. The SMILES string of the molecule is C#CC(C)NS(=O)(=O)c1ccc(C#N)cc1N1CCCSCC1. The minimum Gasteiger partial charge on any atom is -0.370 e. The second kappa shape index (κ2) is 7.74. The summed E-state index contributed by atoms with van der Waals surface area (Å²) in [7, 11) is -3.74. The Labute approximate surface area is 142 Å². The number of rotatable bonds is 4. The Hall–Kier alpha value is -1.67. The Morgan fingerprint density at radius 1 is 1.39 bits per heavy atom. The van der Waals surface area contributed by atoms with Crippen LogP contribution in [0.25, 0.3) is 0 Å². The molecule has 7 heteroatoms. The Morgan fingerprint density at radius 3 is 2.87 bits per heavy atom. The monoisotopic (exact) mass is 349 g/mol. The highest BCUT2D eigenvalue weighted by Crippen LogP contribution is 2.28. The van der Waals surface area contributed by atoms with Crippen molar-refractivity contribution in [2.24, 2.45) is 0 Å². The van der Waals surface area contributed by atoms with Crippen LogP contribution in [0.1, 0.15) is 18.9 Å². The topological polar surface area (TPSA) is 73.2 Å². The lowest BCUT2D eigenvalue weighted by Crippen LogP contribution is -2.34. The second-order valence-corrected chi connectivity index (χ2v) is 8.16. The van der Waals surface area contributed by atoms with Crippen molar-refractivity contribution in [1.29, 1.82) is 5.26 Å². The van der Waals surface area contributed by atoms with Crippen LogP contribution in [0.4, 0.5) is 5.69 Å². The van der Waals surface area contributed by atoms with E-state index >= 15 is 0 Å². The molecule has 0 radical (unpaired) electrons. The first kappa shape index (κ1) is 17.7. The summed E-state index contributed by atoms with van der Waals surface area (Å²) in [4.78, 5) is 2.21. The van der Waals surface area contributed by atoms with E-state index in [9.17, 15) is 8.42 Å². The van der Waals surface area contributed by atoms with Gasteiger partial charge in [-0.2, -0.15) is 21.7 Å². The summed E-state index contributed by atoms with van der Waals surface area (Å²) in [5, 5.41) is 9.13. The van der Waals surface area contributed by atoms with Crippen molar-refractivity contribution in [3.05, 3.63) is 23.8 Å². The maximum Gasteiger partial charge on any atom is 0.243 e. The van der Waals surface area contributed by atoms with Crippen LogP contribution in [-0.2, 0) is 10.0 Å². The van der Waals surface area contributed by atoms with Crippen molar-refractivity contribution in [2.75, 3.05) is 29.5 Å². The number of nitrogens with one attached hydrogen (secondary N) is 1. The molecule has 23 heavy (non-hydrogen) atoms. The quantitative estimate of drug-likeness (QED) is 0.839. The van der Waals surface area contributed by atoms with Crippen LogP contribution in [0.5, 0.6) is 0 Å². The van der Waals surface area contributed by atoms with Gasteiger partial charge in [0.2, 0.25) is 10.0 Å². The van der Waals surface area contributed by atoms with Crippen molar-refractivity contribution in [1.82, 2.24) is 4.72 Å². The maximum atomic E-state index is 12.6. The number of hydrogen-bond acceptors (Lipinski definition) is 5. The highest BCUT2D eigenvalue weighted by Gasteiger charge is 2.24. The van der Waals surface area contributed by atoms with Crippen molar-refractivity contribution < 1.29 is 8.42 Å². The molecule has 1 aromatic rings. The van der Waals surface area contributed by atoms with Gasteiger partial charge in [-0.05, 0) is 37.3 Å². The van der Waals surface area contributed by atoms with E-state index in [0.29, 0.717) is 11.3 Å². The fourth-order valence-electron chi connectivity index (χ4n) is 2.38. The van der Waals surface area contributed by atoms with E-state index in [0.717, 1.165) is 31.0 Å². The third kappa shape index (κ3) is 4.42. The Morgan fingerprint density at radius 2 is 2.17 bits per heavy atom. The van der Waals surface area contributed by atoms with Gasteiger partial charge in [-0.25, -0.2) is 8.42 Å². The molecule has 122 valence electrons. The lowest BCUT2D eigenvalue weighted by Gasteiger charge is -2.25. The van der Waals surface area contributed by atoms with Crippen molar-refractivity contribution in [2.45, 2.75) is 24.3 Å². The van der Waals surface area contributed by atoms with Gasteiger partial charge < -0.3 is 4.90 Å². The van der Waals surface area contributed by atoms with E-state index in [-0.39, 0.29) is 4.90 Å². The van der Waals surface area contributed by atoms with E-state index in [2.05, 4.69) is 16.7 Å². The number of sulfonamides is 1. The molecule has 1 heterocycles. The molecule has 0 spiro atoms. The highest BCUT2D eigenvalue weighted by molar-refractivity contribution is 7.99. The van der Waals surface area contributed by atoms with E-state index in [4.69, 9.17) is 11.7 Å². The molecular weight excluding hydrogens is 330 g/mol. The summed E-state index contributed by atoms with van der Waals surface area (Å²) in [6.45, 7) is 3.14. The highest BCUT2D eigenvalue weighted by atomic mass is 32.2. The summed E-state index contributed by atoms with van der Waals surface area (Å²) in [6.07, 6.45) is 6.25. The molecule has 0 aromatic heterocycles. The fraction of sp³-hybridized carbons (Fsp3) is 0.438. The zero-order valence-electron chi connectivity index (χ0n) is 12.9. The standard InChI is InChI=1S/C16H19N3O2S2/c1-3-13(2)18-23(20,21)16-6-5-14(12-17)11-15(16)19-7-4-9-22-10-8-19/h1,5-6,11,13,18H,4,7-10H2,2H3. The molecule has 0 saturated carbocycles. The first-order valence-corrected chi connectivity index (χ1v) is 9.97. The van der Waals surface area contributed by atoms with Crippen LogP contribution < -0.4 is 9.62 Å². The van der Waals surface area contributed by atoms with E-state index in [1.165, 1.54) is 12.1 Å². The van der Waals surface area contributed by atoms with Gasteiger partial charge in [-0.15, -0.1) is 6.42 Å². The number of terminal acetylenes is 1. The van der Waals surface area contributed by atoms with Crippen LogP contribution in [0.2, 0.25) is 0 Å². The molecule has 0 amide bonds. The van der Waals surface area contributed by atoms with Gasteiger partial charge in [0, 0.05) is 18.8 Å². The molecule has 1 saturated heterocycles. The molecule has 1 aliphatic rings. The number of thioether (sulfide) groups is 1. The third-order valence-electron chi connectivity index (χ3n) is 3.52. The van der Waals surface area contributed by atoms with Crippen LogP contribution >= 0.6 is 11.8 Å². The first-order chi connectivity index (χ1) is 11.0. The molecule has 1 aliphatic heterocycles. The molecular formula is C16H19N3O2S2. The van der Waals surface area contributed by atoms with Gasteiger partial charge in [-0.1, -0.05) is 5.92 Å². The third-order valence-corrected chi connectivity index (χ3v) is 6.16. The predicted molar refractivity (Wildman–Crippen MR) is 93.9 cm³/mol. The predicted octanol–water partition coefficient (Wildman–Crippen LogP) is 1.80. The van der Waals surface area contributed by atoms with Gasteiger partial charge >= 0.3 is 0 Å². The van der Waals surface area contributed by atoms with Crippen molar-refractivity contribution in [3.63, 3.8) is 0 Å². The number of hydrogen-bond donors (Lipinski definition) is 1. The zero-order valence-corrected chi connectivity index (χ0v) is 14.6. The number of nitrogens with zero attached hydrogens (tertiary/aromatic N) is 2. The minimum absolute atomic E-state index is 0.172. The fourth-order valence-corrected chi connectivity index (χ4v) is 4.64. The van der Waals surface area contributed by atoms with Crippen LogP contribution in [0.3, 0.4) is 0 Å². The Balaban J connectivity index is 2.47. The molecule has 2 rings (SSSR count). The molecule has 1 N–H and O–H groups in total. The van der Waals surface area contributed by atoms with Gasteiger partial charge in [-0.3, -0.25) is 0 Å². The zero-order chi connectivity index (χ0) is 16.9. The molecule has 1 atom stereocenters. The molecule has 0 bridgehead atoms. The van der Waals surface area contributed by atoms with Gasteiger partial charge in [0.15, 0.2) is 0 Å². The summed E-state index contributed by atoms with van der Waals surface area (Å²) in [5.41, 5.74) is 1.02. The summed E-state index contributed by atoms with van der Waals surface area (Å²) in [5.74, 6) is 4.36. The number of anilines is 1. The molecule has 1 fully saturated rings. The largest absolute Gasteiger partial charge is 0.370 e. The van der Waals surface area contributed by atoms with E-state index in [1.54, 1.807) is 13.0 Å². The average Bonchev–Trinajstić information content (AvgIpc) is 2.82. The van der Waals surface area contributed by atoms with Crippen LogP contribution in [0.15, 0.2) is 23.1 Å². The molecule has 0 aliphatic carbocycles. The van der Waals surface area contributed by atoms with E-state index < -0.39 is 16.1 Å². The number of nitriles is 1. The number of benzene rings is 1. The van der Waals surface area contributed by atoms with Gasteiger partial charge in [0.1, 0.15) is 4.90 Å². The average molecular weight is 349 g/mol. The second-order valence-electron chi connectivity index (χ2n) is 5.26. The Bertz CT molecular complexity index is 740. The summed E-state index contributed by atoms with van der Waals surface area (Å²) < 4.78 is 27.7. The summed E-state index contributed by atoms with van der Waals surface area (Å²) >= 11 is 1.85. The van der Waals surface area contributed by atoms with Crippen LogP contribution in [0, 0.1) is 23.7 Å². The smallest absolute Gasteiger partial charge is 0.243 e. The van der Waals surface area contributed by atoms with Gasteiger partial charge in [0.05, 0.1) is 23.4 Å². The molecule has 1 aromatic carbocycles. The minimum atomic E-state index is -3.74. The lowest BCUT2D eigenvalue weighted by atomic mass is 10.2. The molecule has 5 nitrogen and oxygen atoms in total. The first-order valence-electron chi connectivity index (χ1n) is 7.33. The van der Waals surface area contributed by atoms with Crippen molar-refractivity contribution in [3.8, 4) is 18.4 Å². The van der Waals surface area contributed by atoms with E-state index in [1.807, 2.05) is 16.7 Å². The maximum absolute atomic E-state index is 12.6. The lowest BCUT2D eigenvalue weighted by molar-refractivity contribution is 0.577. The summed E-state index contributed by atoms with van der Waals surface area (Å²) in [6, 6.07) is 6.13. The molecule has 1 unspecified atom stereocenters. The van der Waals surface area contributed by atoms with Crippen molar-refractivity contribution >= 4 is 27.5 Å².